The minimum Gasteiger partial charge on any atom is -0.454 e. The van der Waals surface area contributed by atoms with E-state index in [1.807, 2.05) is 50.2 Å². The zero-order chi connectivity index (χ0) is 22.6. The molecule has 0 saturated carbocycles. The number of rotatable bonds is 8. The number of nitrogens with one attached hydrogen (secondary N) is 2. The van der Waals surface area contributed by atoms with Gasteiger partial charge in [-0.25, -0.2) is 4.79 Å². The van der Waals surface area contributed by atoms with Crippen LogP contribution in [0.2, 0.25) is 0 Å². The lowest BCUT2D eigenvalue weighted by Gasteiger charge is -2.22. The predicted octanol–water partition coefficient (Wildman–Crippen LogP) is 2.45. The molecule has 2 aromatic rings. The number of imide groups is 1. The van der Waals surface area contributed by atoms with E-state index in [9.17, 15) is 19.2 Å². The van der Waals surface area contributed by atoms with Gasteiger partial charge < -0.3 is 15.4 Å². The van der Waals surface area contributed by atoms with Crippen molar-refractivity contribution in [3.8, 4) is 0 Å². The highest BCUT2D eigenvalue weighted by Crippen LogP contribution is 2.30. The molecule has 1 saturated heterocycles. The Bertz CT molecular complexity index is 1020. The normalized spacial score (nSPS) is 18.4. The van der Waals surface area contributed by atoms with Crippen LogP contribution in [0.5, 0.6) is 0 Å². The molecule has 0 aliphatic carbocycles. The first-order chi connectivity index (χ1) is 14.8. The van der Waals surface area contributed by atoms with Crippen LogP contribution in [-0.4, -0.2) is 47.9 Å². The summed E-state index contributed by atoms with van der Waals surface area (Å²) in [7, 11) is 0. The zero-order valence-electron chi connectivity index (χ0n) is 17.9. The van der Waals surface area contributed by atoms with Crippen molar-refractivity contribution in [3.63, 3.8) is 0 Å². The topological polar surface area (TPSA) is 105 Å². The van der Waals surface area contributed by atoms with E-state index < -0.39 is 42.5 Å². The summed E-state index contributed by atoms with van der Waals surface area (Å²) in [5.41, 5.74) is -0.682. The van der Waals surface area contributed by atoms with E-state index >= 15 is 0 Å². The van der Waals surface area contributed by atoms with Gasteiger partial charge in [0.25, 0.3) is 11.8 Å². The van der Waals surface area contributed by atoms with Crippen molar-refractivity contribution in [2.24, 2.45) is 0 Å². The van der Waals surface area contributed by atoms with Gasteiger partial charge in [0.1, 0.15) is 12.1 Å². The molecule has 31 heavy (non-hydrogen) atoms. The Hall–Kier alpha value is -3.42. The standard InChI is InChI=1S/C23H27N3O5/c1-4-18(5-2)24-19(27)14-31-20(28)13-26-21(29)23(3,25-22(26)30)17-11-10-15-8-6-7-9-16(15)12-17/h6-12,18H,4-5,13-14H2,1-3H3,(H,24,27)(H,25,30)/t23-/m0/s1. The van der Waals surface area contributed by atoms with Crippen molar-refractivity contribution in [1.29, 1.82) is 0 Å². The molecule has 8 nitrogen and oxygen atoms in total. The number of nitrogens with zero attached hydrogens (tertiary/aromatic N) is 1. The molecule has 2 N–H and O–H groups in total. The Morgan fingerprint density at radius 2 is 1.77 bits per heavy atom. The van der Waals surface area contributed by atoms with E-state index in [1.165, 1.54) is 0 Å². The smallest absolute Gasteiger partial charge is 0.326 e. The highest BCUT2D eigenvalue weighted by atomic mass is 16.5. The molecule has 0 aromatic heterocycles. The highest BCUT2D eigenvalue weighted by Gasteiger charge is 2.49. The third kappa shape index (κ3) is 4.68. The molecule has 1 atom stereocenters. The van der Waals surface area contributed by atoms with Crippen molar-refractivity contribution in [3.05, 3.63) is 48.0 Å². The first-order valence-electron chi connectivity index (χ1n) is 10.4. The second-order valence-corrected chi connectivity index (χ2v) is 7.75. The summed E-state index contributed by atoms with van der Waals surface area (Å²) in [4.78, 5) is 50.3. The monoisotopic (exact) mass is 425 g/mol. The Labute approximate surface area is 180 Å². The van der Waals surface area contributed by atoms with Gasteiger partial charge in [-0.3, -0.25) is 19.3 Å². The fraction of sp³-hybridized carbons (Fsp3) is 0.391. The fourth-order valence-corrected chi connectivity index (χ4v) is 3.62. The van der Waals surface area contributed by atoms with Crippen LogP contribution in [-0.2, 0) is 24.7 Å². The Balaban J connectivity index is 1.65. The Morgan fingerprint density at radius 1 is 1.10 bits per heavy atom. The van der Waals surface area contributed by atoms with Gasteiger partial charge in [0.05, 0.1) is 0 Å². The van der Waals surface area contributed by atoms with Crippen LogP contribution in [0.3, 0.4) is 0 Å². The molecule has 8 heteroatoms. The maximum Gasteiger partial charge on any atom is 0.326 e. The molecule has 3 rings (SSSR count). The molecule has 0 unspecified atom stereocenters. The van der Waals surface area contributed by atoms with Crippen molar-refractivity contribution in [1.82, 2.24) is 15.5 Å². The van der Waals surface area contributed by atoms with Crippen molar-refractivity contribution >= 4 is 34.6 Å². The number of fused-ring (bicyclic) bond motifs is 1. The van der Waals surface area contributed by atoms with Crippen molar-refractivity contribution in [2.75, 3.05) is 13.2 Å². The summed E-state index contributed by atoms with van der Waals surface area (Å²) in [5, 5.41) is 7.38. The fourth-order valence-electron chi connectivity index (χ4n) is 3.62. The Morgan fingerprint density at radius 3 is 2.45 bits per heavy atom. The average Bonchev–Trinajstić information content (AvgIpc) is 2.99. The molecule has 1 aliphatic heterocycles. The highest BCUT2D eigenvalue weighted by molar-refractivity contribution is 6.09. The largest absolute Gasteiger partial charge is 0.454 e. The molecule has 164 valence electrons. The molecule has 0 bridgehead atoms. The van der Waals surface area contributed by atoms with Gasteiger partial charge in [0.15, 0.2) is 6.61 Å². The molecule has 0 spiro atoms. The van der Waals surface area contributed by atoms with Crippen LogP contribution in [0.4, 0.5) is 4.79 Å². The number of carbonyl (C=O) groups excluding carboxylic acids is 4. The summed E-state index contributed by atoms with van der Waals surface area (Å²) in [6.45, 7) is 4.48. The number of esters is 1. The first-order valence-corrected chi connectivity index (χ1v) is 10.4. The first kappa shape index (κ1) is 22.3. The van der Waals surface area contributed by atoms with Crippen LogP contribution < -0.4 is 10.6 Å². The number of carbonyl (C=O) groups is 4. The quantitative estimate of drug-likeness (QED) is 0.499. The maximum atomic E-state index is 13.0. The van der Waals surface area contributed by atoms with Gasteiger partial charge in [0, 0.05) is 6.04 Å². The van der Waals surface area contributed by atoms with Crippen molar-refractivity contribution in [2.45, 2.75) is 45.2 Å². The number of urea groups is 1. The molecule has 4 amide bonds. The summed E-state index contributed by atoms with van der Waals surface area (Å²) < 4.78 is 4.96. The molecule has 1 fully saturated rings. The molecule has 0 radical (unpaired) electrons. The number of ether oxygens (including phenoxy) is 1. The van der Waals surface area contributed by atoms with Crippen LogP contribution in [0.25, 0.3) is 10.8 Å². The van der Waals surface area contributed by atoms with Gasteiger partial charge >= 0.3 is 12.0 Å². The van der Waals surface area contributed by atoms with Gasteiger partial charge in [-0.1, -0.05) is 50.2 Å². The molecule has 1 aliphatic rings. The van der Waals surface area contributed by atoms with Crippen LogP contribution in [0.15, 0.2) is 42.5 Å². The molecular weight excluding hydrogens is 398 g/mol. The number of benzene rings is 2. The zero-order valence-corrected chi connectivity index (χ0v) is 17.9. The van der Waals surface area contributed by atoms with Gasteiger partial charge in [-0.2, -0.15) is 0 Å². The van der Waals surface area contributed by atoms with Crippen LogP contribution in [0.1, 0.15) is 39.2 Å². The second-order valence-electron chi connectivity index (χ2n) is 7.75. The number of hydrogen-bond donors (Lipinski definition) is 2. The third-order valence-corrected chi connectivity index (χ3v) is 5.60. The third-order valence-electron chi connectivity index (χ3n) is 5.60. The lowest BCUT2D eigenvalue weighted by molar-refractivity contribution is -0.151. The van der Waals surface area contributed by atoms with E-state index in [4.69, 9.17) is 4.74 Å². The molecule has 2 aromatic carbocycles. The van der Waals surface area contributed by atoms with Crippen molar-refractivity contribution < 1.29 is 23.9 Å². The van der Waals surface area contributed by atoms with Crippen LogP contribution >= 0.6 is 0 Å². The lowest BCUT2D eigenvalue weighted by atomic mass is 9.90. The second kappa shape index (κ2) is 9.16. The minimum atomic E-state index is -1.30. The number of hydrogen-bond acceptors (Lipinski definition) is 5. The summed E-state index contributed by atoms with van der Waals surface area (Å²) in [6.07, 6.45) is 1.54. The molecular formula is C23H27N3O5. The van der Waals surface area contributed by atoms with E-state index in [0.717, 1.165) is 28.5 Å². The lowest BCUT2D eigenvalue weighted by Crippen LogP contribution is -2.42. The van der Waals surface area contributed by atoms with E-state index in [-0.39, 0.29) is 6.04 Å². The minimum absolute atomic E-state index is 0.0137. The van der Waals surface area contributed by atoms with Gasteiger partial charge in [-0.05, 0) is 42.2 Å². The SMILES string of the molecule is CCC(CC)NC(=O)COC(=O)CN1C(=O)N[C@@](C)(c2ccc3ccccc3c2)C1=O. The summed E-state index contributed by atoms with van der Waals surface area (Å²) in [6, 6.07) is 12.5. The number of amides is 4. The van der Waals surface area contributed by atoms with Crippen LogP contribution in [0, 0.1) is 0 Å². The predicted molar refractivity (Wildman–Crippen MR) is 115 cm³/mol. The summed E-state index contributed by atoms with van der Waals surface area (Å²) in [5.74, 6) is -1.79. The Kier molecular flexibility index (Phi) is 6.58. The maximum absolute atomic E-state index is 13.0. The summed E-state index contributed by atoms with van der Waals surface area (Å²) >= 11 is 0. The van der Waals surface area contributed by atoms with E-state index in [1.54, 1.807) is 13.0 Å². The van der Waals surface area contributed by atoms with E-state index in [2.05, 4.69) is 10.6 Å². The molecule has 1 heterocycles. The van der Waals surface area contributed by atoms with E-state index in [0.29, 0.717) is 5.56 Å². The van der Waals surface area contributed by atoms with Gasteiger partial charge in [-0.15, -0.1) is 0 Å². The average molecular weight is 425 g/mol. The van der Waals surface area contributed by atoms with Gasteiger partial charge in [0.2, 0.25) is 0 Å².